The van der Waals surface area contributed by atoms with Crippen LogP contribution in [0.3, 0.4) is 0 Å². The van der Waals surface area contributed by atoms with Gasteiger partial charge in [0.2, 0.25) is 0 Å². The first-order valence-electron chi connectivity index (χ1n) is 8.54. The predicted molar refractivity (Wildman–Crippen MR) is 102 cm³/mol. The van der Waals surface area contributed by atoms with E-state index >= 15 is 0 Å². The maximum absolute atomic E-state index is 10.2. The summed E-state index contributed by atoms with van der Waals surface area (Å²) in [6.45, 7) is 5.22. The molecule has 0 fully saturated rings. The van der Waals surface area contributed by atoms with E-state index in [1.807, 2.05) is 54.6 Å². The summed E-state index contributed by atoms with van der Waals surface area (Å²) in [5.41, 5.74) is 8.75. The molecule has 3 N–H and O–H groups in total. The van der Waals surface area contributed by atoms with Crippen molar-refractivity contribution < 1.29 is 19.3 Å². The number of benzene rings is 2. The van der Waals surface area contributed by atoms with Gasteiger partial charge >= 0.3 is 0 Å². The highest BCUT2D eigenvalue weighted by atomic mass is 16.5. The summed E-state index contributed by atoms with van der Waals surface area (Å²) in [6, 6.07) is 16.8. The van der Waals surface area contributed by atoms with E-state index in [-0.39, 0.29) is 6.61 Å². The molecule has 0 aliphatic rings. The van der Waals surface area contributed by atoms with Crippen molar-refractivity contribution >= 4 is 0 Å². The smallest absolute Gasteiger partial charge is 0.118 e. The van der Waals surface area contributed by atoms with E-state index in [9.17, 15) is 5.11 Å². The van der Waals surface area contributed by atoms with Gasteiger partial charge in [-0.1, -0.05) is 49.0 Å². The van der Waals surface area contributed by atoms with Gasteiger partial charge in [0.1, 0.15) is 5.75 Å². The fraction of sp³-hybridized carbons (Fsp3) is 0.333. The molecular weight excluding hydrogens is 330 g/mol. The van der Waals surface area contributed by atoms with Crippen molar-refractivity contribution in [2.45, 2.75) is 25.4 Å². The first-order valence-corrected chi connectivity index (χ1v) is 8.54. The summed E-state index contributed by atoms with van der Waals surface area (Å²) in [6.07, 6.45) is -0.832. The van der Waals surface area contributed by atoms with E-state index in [2.05, 4.69) is 6.58 Å². The topological polar surface area (TPSA) is 73.9 Å². The lowest BCUT2D eigenvalue weighted by Crippen LogP contribution is -2.40. The van der Waals surface area contributed by atoms with Crippen molar-refractivity contribution in [3.63, 3.8) is 0 Å². The molecule has 0 radical (unpaired) electrons. The maximum Gasteiger partial charge on any atom is 0.118 e. The van der Waals surface area contributed by atoms with Crippen molar-refractivity contribution in [1.82, 2.24) is 0 Å². The zero-order valence-corrected chi connectivity index (χ0v) is 15.1. The summed E-state index contributed by atoms with van der Waals surface area (Å²) < 4.78 is 16.3. The second-order valence-electron chi connectivity index (χ2n) is 6.09. The van der Waals surface area contributed by atoms with Gasteiger partial charge in [-0.25, -0.2) is 0 Å². The van der Waals surface area contributed by atoms with Gasteiger partial charge in [0, 0.05) is 0 Å². The minimum atomic E-state index is -0.832. The average molecular weight is 357 g/mol. The molecule has 0 aromatic heterocycles. The summed E-state index contributed by atoms with van der Waals surface area (Å²) in [5.74, 6) is 0.794. The number of hydrogen-bond acceptors (Lipinski definition) is 5. The van der Waals surface area contributed by atoms with Crippen LogP contribution < -0.4 is 10.5 Å². The van der Waals surface area contributed by atoms with Gasteiger partial charge in [-0.15, -0.1) is 0 Å². The fourth-order valence-electron chi connectivity index (χ4n) is 2.37. The zero-order chi connectivity index (χ0) is 18.8. The number of methoxy groups -OCH3 is 1. The third kappa shape index (κ3) is 6.61. The largest absolute Gasteiger partial charge is 0.497 e. The Balaban J connectivity index is 1.66. The molecule has 140 valence electrons. The third-order valence-corrected chi connectivity index (χ3v) is 4.00. The highest BCUT2D eigenvalue weighted by Gasteiger charge is 2.18. The number of aliphatic hydroxyl groups is 1. The molecule has 2 rings (SSSR count). The van der Waals surface area contributed by atoms with Crippen LogP contribution in [0.4, 0.5) is 0 Å². The Kier molecular flexibility index (Phi) is 8.31. The molecule has 0 saturated heterocycles. The van der Waals surface area contributed by atoms with Crippen LogP contribution in [-0.4, -0.2) is 37.6 Å². The number of hydrogen-bond donors (Lipinski definition) is 2. The summed E-state index contributed by atoms with van der Waals surface area (Å²) in [5, 5.41) is 10.2. The maximum atomic E-state index is 10.2. The minimum absolute atomic E-state index is 0.130. The summed E-state index contributed by atoms with van der Waals surface area (Å²) in [4.78, 5) is 0. The van der Waals surface area contributed by atoms with E-state index in [0.29, 0.717) is 25.4 Å². The second-order valence-corrected chi connectivity index (χ2v) is 6.09. The molecule has 0 saturated carbocycles. The average Bonchev–Trinajstić information content (AvgIpc) is 2.68. The fourth-order valence-corrected chi connectivity index (χ4v) is 2.37. The van der Waals surface area contributed by atoms with Gasteiger partial charge in [0.15, 0.2) is 0 Å². The molecule has 0 unspecified atom stereocenters. The Morgan fingerprint density at radius 1 is 1.00 bits per heavy atom. The first-order chi connectivity index (χ1) is 12.6. The van der Waals surface area contributed by atoms with Gasteiger partial charge in [0.25, 0.3) is 0 Å². The van der Waals surface area contributed by atoms with E-state index in [4.69, 9.17) is 19.9 Å². The molecule has 5 heteroatoms. The second kappa shape index (κ2) is 10.7. The summed E-state index contributed by atoms with van der Waals surface area (Å²) >= 11 is 0. The van der Waals surface area contributed by atoms with Gasteiger partial charge in [-0.2, -0.15) is 0 Å². The van der Waals surface area contributed by atoms with E-state index < -0.39 is 12.1 Å². The van der Waals surface area contributed by atoms with Crippen LogP contribution in [0, 0.1) is 0 Å². The number of nitrogens with two attached hydrogens (primary N) is 1. The lowest BCUT2D eigenvalue weighted by Gasteiger charge is -2.21. The normalized spacial score (nSPS) is 13.2. The summed E-state index contributed by atoms with van der Waals surface area (Å²) in [7, 11) is 1.62. The van der Waals surface area contributed by atoms with Crippen LogP contribution in [0.2, 0.25) is 0 Å². The Morgan fingerprint density at radius 2 is 1.62 bits per heavy atom. The molecule has 0 amide bonds. The highest BCUT2D eigenvalue weighted by molar-refractivity contribution is 5.26. The Bertz CT molecular complexity index is 657. The molecule has 5 nitrogen and oxygen atoms in total. The molecule has 0 aliphatic heterocycles. The van der Waals surface area contributed by atoms with Crippen LogP contribution in [0.15, 0.2) is 66.7 Å². The molecule has 0 aliphatic carbocycles. The highest BCUT2D eigenvalue weighted by Crippen LogP contribution is 2.12. The lowest BCUT2D eigenvalue weighted by molar-refractivity contribution is 0.0183. The monoisotopic (exact) mass is 357 g/mol. The molecule has 0 heterocycles. The molecular formula is C21H27NO4. The van der Waals surface area contributed by atoms with Crippen LogP contribution in [0.1, 0.15) is 11.1 Å². The van der Waals surface area contributed by atoms with Crippen molar-refractivity contribution in [2.75, 3.05) is 20.3 Å². The van der Waals surface area contributed by atoms with Crippen molar-refractivity contribution in [3.05, 3.63) is 77.9 Å². The number of aliphatic hydroxyl groups excluding tert-OH is 1. The van der Waals surface area contributed by atoms with Crippen LogP contribution in [0.25, 0.3) is 0 Å². The van der Waals surface area contributed by atoms with Crippen LogP contribution in [-0.2, 0) is 22.7 Å². The first kappa shape index (κ1) is 20.1. The molecule has 2 aromatic carbocycles. The van der Waals surface area contributed by atoms with Gasteiger partial charge in [0.05, 0.1) is 45.7 Å². The van der Waals surface area contributed by atoms with Crippen molar-refractivity contribution in [3.8, 4) is 5.75 Å². The Hall–Kier alpha value is -2.18. The number of ether oxygens (including phenoxy) is 3. The molecule has 0 bridgehead atoms. The van der Waals surface area contributed by atoms with Crippen LogP contribution >= 0.6 is 0 Å². The van der Waals surface area contributed by atoms with Gasteiger partial charge in [-0.3, -0.25) is 0 Å². The van der Waals surface area contributed by atoms with Crippen molar-refractivity contribution in [2.24, 2.45) is 5.73 Å². The Morgan fingerprint density at radius 3 is 2.27 bits per heavy atom. The van der Waals surface area contributed by atoms with Gasteiger partial charge in [-0.05, 0) is 28.8 Å². The molecule has 26 heavy (non-hydrogen) atoms. The van der Waals surface area contributed by atoms with Crippen LogP contribution in [0.5, 0.6) is 5.75 Å². The lowest BCUT2D eigenvalue weighted by atomic mass is 10.1. The quantitative estimate of drug-likeness (QED) is 0.605. The third-order valence-electron chi connectivity index (χ3n) is 4.00. The Labute approximate surface area is 155 Å². The van der Waals surface area contributed by atoms with E-state index in [0.717, 1.165) is 16.9 Å². The SMILES string of the molecule is C=C(COCc1ccccc1)[C@H](N)[C@@H](O)COCc1ccc(OC)cc1. The predicted octanol–water partition coefficient (Wildman–Crippen LogP) is 2.67. The van der Waals surface area contributed by atoms with Gasteiger partial charge < -0.3 is 25.1 Å². The number of rotatable bonds is 11. The van der Waals surface area contributed by atoms with E-state index in [1.54, 1.807) is 7.11 Å². The molecule has 2 atom stereocenters. The molecule has 2 aromatic rings. The van der Waals surface area contributed by atoms with E-state index in [1.165, 1.54) is 0 Å². The standard InChI is InChI=1S/C21H27NO4/c1-16(12-25-13-17-6-4-3-5-7-17)21(22)20(23)15-26-14-18-8-10-19(24-2)11-9-18/h3-11,20-21,23H,1,12-15,22H2,2H3/t20-,21-/m0/s1. The minimum Gasteiger partial charge on any atom is -0.497 e. The zero-order valence-electron chi connectivity index (χ0n) is 15.1. The molecule has 0 spiro atoms. The van der Waals surface area contributed by atoms with Crippen molar-refractivity contribution in [1.29, 1.82) is 0 Å².